The quantitative estimate of drug-likeness (QED) is 0.737. The Morgan fingerprint density at radius 1 is 1.21 bits per heavy atom. The van der Waals surface area contributed by atoms with Crippen LogP contribution in [0.5, 0.6) is 0 Å². The van der Waals surface area contributed by atoms with E-state index in [0.29, 0.717) is 35.2 Å². The summed E-state index contributed by atoms with van der Waals surface area (Å²) < 4.78 is 16.5. The Morgan fingerprint density at radius 2 is 1.96 bits per heavy atom. The molecule has 3 aromatic rings. The molecule has 6 heteroatoms. The first-order valence-electron chi connectivity index (χ1n) is 9.67. The highest BCUT2D eigenvalue weighted by Crippen LogP contribution is 2.37. The van der Waals surface area contributed by atoms with E-state index in [1.807, 2.05) is 19.9 Å². The van der Waals surface area contributed by atoms with Gasteiger partial charge in [-0.3, -0.25) is 9.59 Å². The molecule has 0 saturated carbocycles. The zero-order valence-electron chi connectivity index (χ0n) is 16.6. The van der Waals surface area contributed by atoms with Crippen LogP contribution in [0.25, 0.3) is 16.5 Å². The molecule has 0 saturated heterocycles. The fourth-order valence-electron chi connectivity index (χ4n) is 4.28. The minimum Gasteiger partial charge on any atom is -0.326 e. The average molecular weight is 381 g/mol. The zero-order chi connectivity index (χ0) is 20.2. The van der Waals surface area contributed by atoms with E-state index in [9.17, 15) is 14.0 Å². The van der Waals surface area contributed by atoms with E-state index in [-0.39, 0.29) is 16.6 Å². The number of aryl methyl sites for hydroxylation is 2. The number of ketones is 1. The van der Waals surface area contributed by atoms with E-state index in [4.69, 9.17) is 0 Å². The number of rotatable bonds is 3. The smallest absolute Gasteiger partial charge is 0.259 e. The predicted octanol–water partition coefficient (Wildman–Crippen LogP) is 4.27. The molecule has 2 heterocycles. The van der Waals surface area contributed by atoms with Crippen LogP contribution in [0.2, 0.25) is 0 Å². The maximum atomic E-state index is 14.9. The van der Waals surface area contributed by atoms with Crippen LogP contribution in [0.15, 0.2) is 23.0 Å². The summed E-state index contributed by atoms with van der Waals surface area (Å²) in [5.74, 6) is -0.502. The van der Waals surface area contributed by atoms with Gasteiger partial charge in [0.25, 0.3) is 5.56 Å². The van der Waals surface area contributed by atoms with Gasteiger partial charge in [0.15, 0.2) is 5.78 Å². The van der Waals surface area contributed by atoms with Gasteiger partial charge in [0.2, 0.25) is 0 Å². The van der Waals surface area contributed by atoms with Crippen molar-refractivity contribution in [2.75, 3.05) is 0 Å². The Labute approximate surface area is 162 Å². The van der Waals surface area contributed by atoms with E-state index in [1.165, 1.54) is 6.07 Å². The number of nitrogens with zero attached hydrogens (tertiary/aromatic N) is 2. The van der Waals surface area contributed by atoms with E-state index in [0.717, 1.165) is 24.2 Å². The first-order chi connectivity index (χ1) is 13.2. The second kappa shape index (κ2) is 6.40. The lowest BCUT2D eigenvalue weighted by Crippen LogP contribution is -2.28. The van der Waals surface area contributed by atoms with Crippen molar-refractivity contribution in [3.8, 4) is 5.69 Å². The van der Waals surface area contributed by atoms with Crippen LogP contribution in [-0.4, -0.2) is 20.5 Å². The molecule has 4 rings (SSSR count). The minimum atomic E-state index is -0.583. The molecule has 0 aliphatic heterocycles. The number of fused-ring (bicyclic) bond motifs is 2. The number of aromatic nitrogens is 3. The van der Waals surface area contributed by atoms with Crippen LogP contribution in [0, 0.1) is 18.2 Å². The van der Waals surface area contributed by atoms with E-state index >= 15 is 0 Å². The topological polar surface area (TPSA) is 67.8 Å². The molecule has 5 nitrogen and oxygen atoms in total. The SMILES string of the molecule is CCCc1cc2cc(-n3nc(C)c4c3CC(C)(C)CC4=O)cc(F)c2c(=O)[nH]1. The van der Waals surface area contributed by atoms with Crippen LogP contribution in [0.3, 0.4) is 0 Å². The highest BCUT2D eigenvalue weighted by Gasteiger charge is 2.35. The van der Waals surface area contributed by atoms with Crippen LogP contribution >= 0.6 is 0 Å². The third-order valence-electron chi connectivity index (χ3n) is 5.42. The molecule has 1 aliphatic rings. The number of aromatic amines is 1. The molecule has 0 atom stereocenters. The van der Waals surface area contributed by atoms with Gasteiger partial charge in [0.05, 0.1) is 28.0 Å². The van der Waals surface area contributed by atoms with Gasteiger partial charge >= 0.3 is 0 Å². The van der Waals surface area contributed by atoms with Crippen molar-refractivity contribution in [2.45, 2.75) is 53.4 Å². The Hall–Kier alpha value is -2.76. The molecule has 1 N–H and O–H groups in total. The van der Waals surface area contributed by atoms with Gasteiger partial charge in [0.1, 0.15) is 5.82 Å². The lowest BCUT2D eigenvalue weighted by molar-refractivity contribution is 0.0910. The normalized spacial score (nSPS) is 15.8. The Bertz CT molecular complexity index is 1170. The Balaban J connectivity index is 1.95. The number of hydrogen-bond acceptors (Lipinski definition) is 3. The van der Waals surface area contributed by atoms with Gasteiger partial charge in [-0.15, -0.1) is 0 Å². The molecule has 2 aromatic heterocycles. The Kier molecular flexibility index (Phi) is 4.25. The molecule has 0 amide bonds. The summed E-state index contributed by atoms with van der Waals surface area (Å²) in [6, 6.07) is 4.94. The van der Waals surface area contributed by atoms with Gasteiger partial charge < -0.3 is 4.98 Å². The maximum absolute atomic E-state index is 14.9. The minimum absolute atomic E-state index is 0.0535. The molecular weight excluding hydrogens is 357 g/mol. The highest BCUT2D eigenvalue weighted by atomic mass is 19.1. The molecule has 0 fully saturated rings. The first kappa shape index (κ1) is 18.6. The number of Topliss-reactive ketones (excluding diaryl/α,β-unsaturated/α-hetero) is 1. The standard InChI is InChI=1S/C22H24FN3O2/c1-5-6-14-7-13-8-15(9-16(23)20(13)21(28)24-14)26-17-10-22(3,4)11-18(27)19(17)12(2)25-26/h7-9H,5-6,10-11H2,1-4H3,(H,24,28). The summed E-state index contributed by atoms with van der Waals surface area (Å²) in [7, 11) is 0. The van der Waals surface area contributed by atoms with E-state index < -0.39 is 11.4 Å². The summed E-state index contributed by atoms with van der Waals surface area (Å²) in [4.78, 5) is 27.7. The van der Waals surface area contributed by atoms with Crippen molar-refractivity contribution in [1.82, 2.24) is 14.8 Å². The van der Waals surface area contributed by atoms with Crippen molar-refractivity contribution in [3.05, 3.63) is 57.0 Å². The number of pyridine rings is 1. The number of hydrogen-bond donors (Lipinski definition) is 1. The second-order valence-electron chi connectivity index (χ2n) is 8.53. The lowest BCUT2D eigenvalue weighted by Gasteiger charge is -2.29. The van der Waals surface area contributed by atoms with E-state index in [1.54, 1.807) is 10.7 Å². The summed E-state index contributed by atoms with van der Waals surface area (Å²) in [5.41, 5.74) is 2.86. The lowest BCUT2D eigenvalue weighted by atomic mass is 9.75. The largest absolute Gasteiger partial charge is 0.326 e. The van der Waals surface area contributed by atoms with Gasteiger partial charge in [-0.05, 0) is 42.7 Å². The molecule has 0 radical (unpaired) electrons. The van der Waals surface area contributed by atoms with Crippen molar-refractivity contribution >= 4 is 16.6 Å². The van der Waals surface area contributed by atoms with Crippen molar-refractivity contribution in [2.24, 2.45) is 5.41 Å². The fourth-order valence-corrected chi connectivity index (χ4v) is 4.28. The summed E-state index contributed by atoms with van der Waals surface area (Å²) in [5, 5.41) is 5.15. The van der Waals surface area contributed by atoms with Gasteiger partial charge in [-0.2, -0.15) is 5.10 Å². The van der Waals surface area contributed by atoms with Crippen molar-refractivity contribution < 1.29 is 9.18 Å². The van der Waals surface area contributed by atoms with Crippen LogP contribution in [-0.2, 0) is 12.8 Å². The average Bonchev–Trinajstić information content (AvgIpc) is 2.89. The van der Waals surface area contributed by atoms with Crippen molar-refractivity contribution in [3.63, 3.8) is 0 Å². The molecule has 0 unspecified atom stereocenters. The number of carbonyl (C=O) groups excluding carboxylic acids is 1. The van der Waals surface area contributed by atoms with E-state index in [2.05, 4.69) is 23.9 Å². The molecule has 146 valence electrons. The monoisotopic (exact) mass is 381 g/mol. The van der Waals surface area contributed by atoms with Gasteiger partial charge in [0, 0.05) is 18.2 Å². The number of halogens is 1. The number of H-pyrrole nitrogens is 1. The molecule has 1 aliphatic carbocycles. The summed E-state index contributed by atoms with van der Waals surface area (Å²) in [6.45, 7) is 7.94. The molecule has 1 aromatic carbocycles. The zero-order valence-corrected chi connectivity index (χ0v) is 16.6. The van der Waals surface area contributed by atoms with Crippen LogP contribution in [0.1, 0.15) is 61.1 Å². The number of benzene rings is 1. The number of nitrogens with one attached hydrogen (secondary N) is 1. The molecule has 0 spiro atoms. The predicted molar refractivity (Wildman–Crippen MR) is 107 cm³/mol. The fraction of sp³-hybridized carbons (Fsp3) is 0.409. The summed E-state index contributed by atoms with van der Waals surface area (Å²) in [6.07, 6.45) is 2.77. The third-order valence-corrected chi connectivity index (χ3v) is 5.42. The Morgan fingerprint density at radius 3 is 2.68 bits per heavy atom. The third kappa shape index (κ3) is 2.97. The molecular formula is C22H24FN3O2. The summed E-state index contributed by atoms with van der Waals surface area (Å²) >= 11 is 0. The van der Waals surface area contributed by atoms with Gasteiger partial charge in [-0.25, -0.2) is 9.07 Å². The highest BCUT2D eigenvalue weighted by molar-refractivity contribution is 6.00. The first-order valence-corrected chi connectivity index (χ1v) is 9.67. The van der Waals surface area contributed by atoms with Crippen LogP contribution < -0.4 is 5.56 Å². The van der Waals surface area contributed by atoms with Gasteiger partial charge in [-0.1, -0.05) is 27.2 Å². The number of carbonyl (C=O) groups is 1. The maximum Gasteiger partial charge on any atom is 0.259 e. The molecule has 0 bridgehead atoms. The second-order valence-corrected chi connectivity index (χ2v) is 8.53. The van der Waals surface area contributed by atoms with Crippen molar-refractivity contribution in [1.29, 1.82) is 0 Å². The molecule has 28 heavy (non-hydrogen) atoms. The van der Waals surface area contributed by atoms with Crippen LogP contribution in [0.4, 0.5) is 4.39 Å².